The van der Waals surface area contributed by atoms with Gasteiger partial charge in [0.05, 0.1) is 17.1 Å². The van der Waals surface area contributed by atoms with Crippen molar-refractivity contribution >= 4 is 11.0 Å². The van der Waals surface area contributed by atoms with Gasteiger partial charge in [-0.2, -0.15) is 0 Å². The predicted octanol–water partition coefficient (Wildman–Crippen LogP) is 3.57. The summed E-state index contributed by atoms with van der Waals surface area (Å²) in [5, 5.41) is 3.70. The maximum atomic E-state index is 13.5. The lowest BCUT2D eigenvalue weighted by Gasteiger charge is -2.19. The van der Waals surface area contributed by atoms with E-state index in [-0.39, 0.29) is 5.82 Å². The predicted molar refractivity (Wildman–Crippen MR) is 79.5 cm³/mol. The fourth-order valence-electron chi connectivity index (χ4n) is 4.50. The van der Waals surface area contributed by atoms with E-state index in [2.05, 4.69) is 9.88 Å². The van der Waals surface area contributed by atoms with Crippen molar-refractivity contribution in [3.8, 4) is 0 Å². The van der Waals surface area contributed by atoms with Crippen LogP contribution in [0.1, 0.15) is 50.0 Å². The van der Waals surface area contributed by atoms with Gasteiger partial charge in [0, 0.05) is 12.1 Å². The van der Waals surface area contributed by atoms with Crippen LogP contribution in [0.15, 0.2) is 18.2 Å². The van der Waals surface area contributed by atoms with Crippen molar-refractivity contribution in [3.63, 3.8) is 0 Å². The smallest absolute Gasteiger partial charge is 0.127 e. The Morgan fingerprint density at radius 3 is 2.95 bits per heavy atom. The van der Waals surface area contributed by atoms with Crippen LogP contribution in [-0.2, 0) is 0 Å². The SMILES string of the molecule is Fc1ccc2c(c1)nc(C1NCC3CCCC31)n2C1CC1. The van der Waals surface area contributed by atoms with Gasteiger partial charge < -0.3 is 9.88 Å². The summed E-state index contributed by atoms with van der Waals surface area (Å²) in [6, 6.07) is 6.00. The number of hydrogen-bond donors (Lipinski definition) is 1. The van der Waals surface area contributed by atoms with Crippen molar-refractivity contribution in [2.45, 2.75) is 44.2 Å². The average Bonchev–Trinajstić information content (AvgIpc) is 2.93. The molecule has 4 heteroatoms. The van der Waals surface area contributed by atoms with Crippen molar-refractivity contribution in [2.24, 2.45) is 11.8 Å². The fraction of sp³-hybridized carbons (Fsp3) is 0.588. The van der Waals surface area contributed by atoms with E-state index < -0.39 is 0 Å². The van der Waals surface area contributed by atoms with Gasteiger partial charge in [-0.15, -0.1) is 0 Å². The Bertz CT molecular complexity index is 703. The van der Waals surface area contributed by atoms with Crippen LogP contribution < -0.4 is 5.32 Å². The van der Waals surface area contributed by atoms with Gasteiger partial charge in [-0.3, -0.25) is 0 Å². The molecule has 1 saturated heterocycles. The molecule has 110 valence electrons. The Hall–Kier alpha value is -1.42. The molecule has 3 atom stereocenters. The molecule has 1 aromatic heterocycles. The topological polar surface area (TPSA) is 29.9 Å². The van der Waals surface area contributed by atoms with Gasteiger partial charge in [-0.25, -0.2) is 9.37 Å². The van der Waals surface area contributed by atoms with Crippen LogP contribution in [0, 0.1) is 17.7 Å². The molecule has 5 rings (SSSR count). The van der Waals surface area contributed by atoms with Gasteiger partial charge in [0.25, 0.3) is 0 Å². The summed E-state index contributed by atoms with van der Waals surface area (Å²) in [6.07, 6.45) is 6.48. The molecule has 2 aliphatic carbocycles. The molecule has 1 N–H and O–H groups in total. The van der Waals surface area contributed by atoms with Gasteiger partial charge in [0.2, 0.25) is 0 Å². The van der Waals surface area contributed by atoms with E-state index in [4.69, 9.17) is 4.98 Å². The van der Waals surface area contributed by atoms with Gasteiger partial charge in [-0.1, -0.05) is 6.42 Å². The lowest BCUT2D eigenvalue weighted by molar-refractivity contribution is 0.398. The maximum absolute atomic E-state index is 13.5. The molecule has 3 nitrogen and oxygen atoms in total. The molecule has 0 radical (unpaired) electrons. The number of nitrogens with one attached hydrogen (secondary N) is 1. The highest BCUT2D eigenvalue weighted by atomic mass is 19.1. The largest absolute Gasteiger partial charge is 0.324 e. The lowest BCUT2D eigenvalue weighted by atomic mass is 9.93. The van der Waals surface area contributed by atoms with E-state index in [1.165, 1.54) is 32.1 Å². The minimum atomic E-state index is -0.187. The number of benzene rings is 1. The average molecular weight is 285 g/mol. The molecular formula is C17H20FN3. The second kappa shape index (κ2) is 4.29. The van der Waals surface area contributed by atoms with Crippen molar-refractivity contribution in [3.05, 3.63) is 29.8 Å². The maximum Gasteiger partial charge on any atom is 0.127 e. The number of halogens is 1. The molecule has 3 aliphatic rings. The van der Waals surface area contributed by atoms with Gasteiger partial charge >= 0.3 is 0 Å². The van der Waals surface area contributed by atoms with E-state index in [0.29, 0.717) is 12.1 Å². The van der Waals surface area contributed by atoms with Crippen molar-refractivity contribution in [1.29, 1.82) is 0 Å². The molecule has 0 bridgehead atoms. The zero-order valence-electron chi connectivity index (χ0n) is 12.1. The summed E-state index contributed by atoms with van der Waals surface area (Å²) < 4.78 is 15.9. The molecule has 2 heterocycles. The van der Waals surface area contributed by atoms with Crippen LogP contribution in [0.25, 0.3) is 11.0 Å². The van der Waals surface area contributed by atoms with E-state index in [9.17, 15) is 4.39 Å². The first-order chi connectivity index (χ1) is 10.3. The number of aromatic nitrogens is 2. The Morgan fingerprint density at radius 2 is 2.10 bits per heavy atom. The molecule has 1 aromatic carbocycles. The second-order valence-corrected chi connectivity index (χ2v) is 6.94. The third-order valence-electron chi connectivity index (χ3n) is 5.61. The van der Waals surface area contributed by atoms with Crippen molar-refractivity contribution in [2.75, 3.05) is 6.54 Å². The molecule has 0 spiro atoms. The molecule has 3 unspecified atom stereocenters. The third-order valence-corrected chi connectivity index (χ3v) is 5.61. The van der Waals surface area contributed by atoms with Gasteiger partial charge in [0.1, 0.15) is 11.6 Å². The minimum Gasteiger partial charge on any atom is -0.324 e. The summed E-state index contributed by atoms with van der Waals surface area (Å²) in [4.78, 5) is 4.84. The first-order valence-electron chi connectivity index (χ1n) is 8.22. The zero-order chi connectivity index (χ0) is 14.0. The van der Waals surface area contributed by atoms with Crippen LogP contribution in [0.4, 0.5) is 4.39 Å². The molecule has 3 fully saturated rings. The van der Waals surface area contributed by atoms with Gasteiger partial charge in [0.15, 0.2) is 0 Å². The van der Waals surface area contributed by atoms with Crippen molar-refractivity contribution in [1.82, 2.24) is 14.9 Å². The molecule has 2 saturated carbocycles. The molecular weight excluding hydrogens is 265 g/mol. The normalized spacial score (nSPS) is 32.0. The second-order valence-electron chi connectivity index (χ2n) is 6.94. The van der Waals surface area contributed by atoms with E-state index in [1.54, 1.807) is 12.1 Å². The molecule has 21 heavy (non-hydrogen) atoms. The van der Waals surface area contributed by atoms with Crippen LogP contribution >= 0.6 is 0 Å². The molecule has 2 aromatic rings. The summed E-state index contributed by atoms with van der Waals surface area (Å²) in [7, 11) is 0. The molecule has 1 aliphatic heterocycles. The summed E-state index contributed by atoms with van der Waals surface area (Å²) in [6.45, 7) is 1.12. The van der Waals surface area contributed by atoms with Crippen LogP contribution in [0.2, 0.25) is 0 Å². The highest BCUT2D eigenvalue weighted by Gasteiger charge is 2.43. The lowest BCUT2D eigenvalue weighted by Crippen LogP contribution is -2.22. The number of nitrogens with zero attached hydrogens (tertiary/aromatic N) is 2. The number of fused-ring (bicyclic) bond motifs is 2. The third kappa shape index (κ3) is 1.78. The summed E-state index contributed by atoms with van der Waals surface area (Å²) in [5.41, 5.74) is 1.93. The highest BCUT2D eigenvalue weighted by Crippen LogP contribution is 2.47. The zero-order valence-corrected chi connectivity index (χ0v) is 12.1. The van der Waals surface area contributed by atoms with Crippen LogP contribution in [-0.4, -0.2) is 16.1 Å². The van der Waals surface area contributed by atoms with Crippen molar-refractivity contribution < 1.29 is 4.39 Å². The number of hydrogen-bond acceptors (Lipinski definition) is 2. The summed E-state index contributed by atoms with van der Waals surface area (Å²) >= 11 is 0. The Kier molecular flexibility index (Phi) is 2.48. The van der Waals surface area contributed by atoms with E-state index >= 15 is 0 Å². The Balaban J connectivity index is 1.66. The summed E-state index contributed by atoms with van der Waals surface area (Å²) in [5.74, 6) is 2.52. The van der Waals surface area contributed by atoms with Crippen LogP contribution in [0.5, 0.6) is 0 Å². The first-order valence-corrected chi connectivity index (χ1v) is 8.22. The first kappa shape index (κ1) is 12.2. The highest BCUT2D eigenvalue weighted by molar-refractivity contribution is 5.76. The van der Waals surface area contributed by atoms with Gasteiger partial charge in [-0.05, 0) is 56.2 Å². The quantitative estimate of drug-likeness (QED) is 0.914. The number of rotatable bonds is 2. The number of imidazole rings is 1. The fourth-order valence-corrected chi connectivity index (χ4v) is 4.50. The Morgan fingerprint density at radius 1 is 1.19 bits per heavy atom. The monoisotopic (exact) mass is 285 g/mol. The standard InChI is InChI=1S/C17H20FN3/c18-11-4-7-15-14(8-11)20-17(21(15)12-5-6-12)16-13-3-1-2-10(13)9-19-16/h4,7-8,10,12-13,16,19H,1-3,5-6,9H2. The van der Waals surface area contributed by atoms with E-state index in [1.807, 2.05) is 6.07 Å². The van der Waals surface area contributed by atoms with E-state index in [0.717, 1.165) is 35.2 Å². The minimum absolute atomic E-state index is 0.187. The molecule has 0 amide bonds. The Labute approximate surface area is 123 Å². The van der Waals surface area contributed by atoms with Crippen LogP contribution in [0.3, 0.4) is 0 Å².